The van der Waals surface area contributed by atoms with E-state index >= 15 is 0 Å². The van der Waals surface area contributed by atoms with Crippen LogP contribution in [0, 0.1) is 6.92 Å². The molecule has 104 valence electrons. The topological polar surface area (TPSA) is 35.2 Å². The Morgan fingerprint density at radius 3 is 2.50 bits per heavy atom. The Bertz CT molecular complexity index is 658. The van der Waals surface area contributed by atoms with Crippen LogP contribution in [0.1, 0.15) is 16.7 Å². The van der Waals surface area contributed by atoms with Crippen molar-refractivity contribution in [2.45, 2.75) is 13.5 Å². The molecule has 0 radical (unpaired) electrons. The van der Waals surface area contributed by atoms with E-state index in [1.54, 1.807) is 6.07 Å². The highest BCUT2D eigenvalue weighted by molar-refractivity contribution is 7.80. The molecular weight excluding hydrogens is 313 g/mol. The second-order valence-electron chi connectivity index (χ2n) is 4.37. The summed E-state index contributed by atoms with van der Waals surface area (Å²) in [6.07, 6.45) is 0. The highest BCUT2D eigenvalue weighted by atomic mass is 35.5. The fourth-order valence-electron chi connectivity index (χ4n) is 1.69. The second-order valence-corrected chi connectivity index (χ2v) is 5.62. The first-order valence-corrected chi connectivity index (χ1v) is 7.11. The van der Waals surface area contributed by atoms with Crippen LogP contribution in [0.15, 0.2) is 36.4 Å². The number of hydrogen-bond acceptors (Lipinski definition) is 2. The lowest BCUT2D eigenvalue weighted by Gasteiger charge is -2.10. The van der Waals surface area contributed by atoms with E-state index in [1.807, 2.05) is 37.3 Å². The maximum Gasteiger partial charge on any atom is 0.120 e. The van der Waals surface area contributed by atoms with Gasteiger partial charge < -0.3 is 10.5 Å². The molecule has 0 saturated carbocycles. The van der Waals surface area contributed by atoms with Gasteiger partial charge in [0.15, 0.2) is 0 Å². The van der Waals surface area contributed by atoms with Crippen molar-refractivity contribution in [1.29, 1.82) is 0 Å². The molecule has 2 aromatic carbocycles. The van der Waals surface area contributed by atoms with Crippen LogP contribution < -0.4 is 10.5 Å². The lowest BCUT2D eigenvalue weighted by molar-refractivity contribution is 0.306. The molecule has 5 heteroatoms. The maximum atomic E-state index is 6.18. The summed E-state index contributed by atoms with van der Waals surface area (Å²) in [4.78, 5) is 0.327. The van der Waals surface area contributed by atoms with Crippen molar-refractivity contribution in [1.82, 2.24) is 0 Å². The second kappa shape index (κ2) is 6.44. The Morgan fingerprint density at radius 2 is 1.90 bits per heavy atom. The zero-order valence-electron chi connectivity index (χ0n) is 10.8. The largest absolute Gasteiger partial charge is 0.489 e. The van der Waals surface area contributed by atoms with Crippen LogP contribution in [0.4, 0.5) is 0 Å². The van der Waals surface area contributed by atoms with Crippen LogP contribution in [0.3, 0.4) is 0 Å². The summed E-state index contributed by atoms with van der Waals surface area (Å²) in [7, 11) is 0. The average molecular weight is 326 g/mol. The van der Waals surface area contributed by atoms with Crippen molar-refractivity contribution in [3.63, 3.8) is 0 Å². The van der Waals surface area contributed by atoms with Gasteiger partial charge in [0.1, 0.15) is 17.3 Å². The number of benzene rings is 2. The van der Waals surface area contributed by atoms with Crippen LogP contribution >= 0.6 is 35.4 Å². The van der Waals surface area contributed by atoms with Gasteiger partial charge in [0.05, 0.1) is 0 Å². The fourth-order valence-corrected chi connectivity index (χ4v) is 2.17. The van der Waals surface area contributed by atoms with Gasteiger partial charge in [-0.3, -0.25) is 0 Å². The van der Waals surface area contributed by atoms with E-state index in [9.17, 15) is 0 Å². The SMILES string of the molecule is Cc1cc(OCc2ccc(C(N)=S)cc2Cl)ccc1Cl. The molecule has 0 atom stereocenters. The van der Waals surface area contributed by atoms with Crippen molar-refractivity contribution >= 4 is 40.4 Å². The Morgan fingerprint density at radius 1 is 1.15 bits per heavy atom. The Labute approximate surface area is 133 Å². The molecule has 0 aromatic heterocycles. The molecule has 0 bridgehead atoms. The third kappa shape index (κ3) is 3.63. The molecule has 0 spiro atoms. The van der Waals surface area contributed by atoms with Crippen LogP contribution in [-0.2, 0) is 6.61 Å². The molecule has 0 aliphatic carbocycles. The van der Waals surface area contributed by atoms with Gasteiger partial charge in [-0.25, -0.2) is 0 Å². The van der Waals surface area contributed by atoms with Crippen LogP contribution in [0.5, 0.6) is 5.75 Å². The third-order valence-electron chi connectivity index (χ3n) is 2.86. The van der Waals surface area contributed by atoms with Gasteiger partial charge in [0.25, 0.3) is 0 Å². The van der Waals surface area contributed by atoms with Gasteiger partial charge in [-0.2, -0.15) is 0 Å². The van der Waals surface area contributed by atoms with E-state index in [2.05, 4.69) is 0 Å². The van der Waals surface area contributed by atoms with Crippen LogP contribution in [-0.4, -0.2) is 4.99 Å². The van der Waals surface area contributed by atoms with E-state index in [1.165, 1.54) is 0 Å². The van der Waals surface area contributed by atoms with E-state index in [-0.39, 0.29) is 0 Å². The van der Waals surface area contributed by atoms with Crippen molar-refractivity contribution in [3.8, 4) is 5.75 Å². The first-order chi connectivity index (χ1) is 9.47. The quantitative estimate of drug-likeness (QED) is 0.839. The number of aryl methyl sites for hydroxylation is 1. The van der Waals surface area contributed by atoms with Gasteiger partial charge in [-0.05, 0) is 36.8 Å². The number of rotatable bonds is 4. The minimum atomic E-state index is 0.327. The zero-order valence-corrected chi connectivity index (χ0v) is 13.1. The molecule has 0 fully saturated rings. The predicted octanol–water partition coefficient (Wildman–Crippen LogP) is 4.52. The number of nitrogens with two attached hydrogens (primary N) is 1. The lowest BCUT2D eigenvalue weighted by atomic mass is 10.1. The molecule has 0 amide bonds. The van der Waals surface area contributed by atoms with Crippen molar-refractivity contribution < 1.29 is 4.74 Å². The highest BCUT2D eigenvalue weighted by Gasteiger charge is 2.05. The number of ether oxygens (including phenoxy) is 1. The summed E-state index contributed by atoms with van der Waals surface area (Å²) in [5.74, 6) is 0.751. The molecule has 0 aliphatic heterocycles. The molecule has 0 unspecified atom stereocenters. The normalized spacial score (nSPS) is 10.3. The van der Waals surface area contributed by atoms with Gasteiger partial charge in [-0.15, -0.1) is 0 Å². The van der Waals surface area contributed by atoms with Gasteiger partial charge in [0, 0.05) is 21.2 Å². The molecule has 0 heterocycles. The monoisotopic (exact) mass is 325 g/mol. The summed E-state index contributed by atoms with van der Waals surface area (Å²) < 4.78 is 5.70. The third-order valence-corrected chi connectivity index (χ3v) is 3.87. The van der Waals surface area contributed by atoms with Gasteiger partial charge in [-0.1, -0.05) is 47.6 Å². The van der Waals surface area contributed by atoms with E-state index in [0.29, 0.717) is 16.6 Å². The highest BCUT2D eigenvalue weighted by Crippen LogP contribution is 2.24. The standard InChI is InChI=1S/C15H13Cl2NOS/c1-9-6-12(4-5-13(9)16)19-8-11-3-2-10(15(18)20)7-14(11)17/h2-7H,8H2,1H3,(H2,18,20). The minimum Gasteiger partial charge on any atom is -0.489 e. The molecule has 2 N–H and O–H groups in total. The van der Waals surface area contributed by atoms with E-state index in [4.69, 9.17) is 45.9 Å². The summed E-state index contributed by atoms with van der Waals surface area (Å²) in [5.41, 5.74) is 8.15. The Hall–Kier alpha value is -1.29. The molecule has 2 rings (SSSR count). The Balaban J connectivity index is 2.10. The molecule has 0 saturated heterocycles. The van der Waals surface area contributed by atoms with Crippen molar-refractivity contribution in [3.05, 3.63) is 63.1 Å². The van der Waals surface area contributed by atoms with Crippen LogP contribution in [0.2, 0.25) is 10.0 Å². The molecular formula is C15H13Cl2NOS. The number of thiocarbonyl (C=S) groups is 1. The molecule has 20 heavy (non-hydrogen) atoms. The van der Waals surface area contributed by atoms with Gasteiger partial charge in [0.2, 0.25) is 0 Å². The lowest BCUT2D eigenvalue weighted by Crippen LogP contribution is -2.09. The first kappa shape index (κ1) is 15.1. The predicted molar refractivity (Wildman–Crippen MR) is 87.9 cm³/mol. The summed E-state index contributed by atoms with van der Waals surface area (Å²) in [5, 5.41) is 1.30. The fraction of sp³-hybridized carbons (Fsp3) is 0.133. The molecule has 2 nitrogen and oxygen atoms in total. The van der Waals surface area contributed by atoms with Crippen LogP contribution in [0.25, 0.3) is 0 Å². The maximum absolute atomic E-state index is 6.18. The Kier molecular flexibility index (Phi) is 4.86. The molecule has 0 aliphatic rings. The summed E-state index contributed by atoms with van der Waals surface area (Å²) in [6.45, 7) is 2.30. The minimum absolute atomic E-state index is 0.327. The smallest absolute Gasteiger partial charge is 0.120 e. The zero-order chi connectivity index (χ0) is 14.7. The number of halogens is 2. The van der Waals surface area contributed by atoms with Crippen molar-refractivity contribution in [2.75, 3.05) is 0 Å². The summed E-state index contributed by atoms with van der Waals surface area (Å²) in [6, 6.07) is 11.0. The van der Waals surface area contributed by atoms with Crippen molar-refractivity contribution in [2.24, 2.45) is 5.73 Å². The van der Waals surface area contributed by atoms with E-state index < -0.39 is 0 Å². The van der Waals surface area contributed by atoms with Gasteiger partial charge >= 0.3 is 0 Å². The summed E-state index contributed by atoms with van der Waals surface area (Å²) >= 11 is 17.1. The number of hydrogen-bond donors (Lipinski definition) is 1. The van der Waals surface area contributed by atoms with E-state index in [0.717, 1.165) is 27.5 Å². The molecule has 2 aromatic rings. The first-order valence-electron chi connectivity index (χ1n) is 5.94. The average Bonchev–Trinajstić information content (AvgIpc) is 2.41.